The molecule has 0 saturated heterocycles. The van der Waals surface area contributed by atoms with Gasteiger partial charge in [-0.2, -0.15) is 0 Å². The highest BCUT2D eigenvalue weighted by atomic mass is 19.1. The molecule has 108 valence electrons. The van der Waals surface area contributed by atoms with E-state index in [0.717, 1.165) is 6.42 Å². The number of nitrogens with one attached hydrogen (secondary N) is 1. The van der Waals surface area contributed by atoms with Crippen LogP contribution >= 0.6 is 0 Å². The van der Waals surface area contributed by atoms with Crippen molar-refractivity contribution in [2.24, 2.45) is 5.84 Å². The number of nitrogens with two attached hydrogens (primary N) is 1. The van der Waals surface area contributed by atoms with Gasteiger partial charge in [0.2, 0.25) is 0 Å². The van der Waals surface area contributed by atoms with E-state index < -0.39 is 0 Å². The van der Waals surface area contributed by atoms with E-state index in [1.807, 2.05) is 13.8 Å². The molecule has 0 bridgehead atoms. The van der Waals surface area contributed by atoms with Gasteiger partial charge in [-0.15, -0.1) is 0 Å². The minimum absolute atomic E-state index is 0.250. The first-order valence-electron chi connectivity index (χ1n) is 6.28. The van der Waals surface area contributed by atoms with Crippen LogP contribution < -0.4 is 16.0 Å². The fourth-order valence-electron chi connectivity index (χ4n) is 1.84. The van der Waals surface area contributed by atoms with Gasteiger partial charge >= 0.3 is 0 Å². The monoisotopic (exact) mass is 270 g/mol. The van der Waals surface area contributed by atoms with Gasteiger partial charge in [0.25, 0.3) is 0 Å². The highest BCUT2D eigenvalue weighted by Crippen LogP contribution is 2.27. The Morgan fingerprint density at radius 3 is 2.53 bits per heavy atom. The molecular formula is C14H23FN2O2. The van der Waals surface area contributed by atoms with E-state index in [9.17, 15) is 4.39 Å². The molecule has 1 unspecified atom stereocenters. The predicted octanol–water partition coefficient (Wildman–Crippen LogP) is 2.54. The zero-order valence-corrected chi connectivity index (χ0v) is 12.0. The molecule has 0 aliphatic carbocycles. The normalized spacial score (nSPS) is 13.4. The molecule has 1 aromatic carbocycles. The zero-order valence-electron chi connectivity index (χ0n) is 12.0. The molecule has 4 nitrogen and oxygen atoms in total. The van der Waals surface area contributed by atoms with E-state index in [4.69, 9.17) is 15.3 Å². The maximum Gasteiger partial charge on any atom is 0.131 e. The fourth-order valence-corrected chi connectivity index (χ4v) is 1.84. The summed E-state index contributed by atoms with van der Waals surface area (Å²) in [5.41, 5.74) is 2.94. The van der Waals surface area contributed by atoms with Crippen LogP contribution in [0.4, 0.5) is 4.39 Å². The fraction of sp³-hybridized carbons (Fsp3) is 0.571. The Labute approximate surface area is 114 Å². The molecule has 1 rings (SSSR count). The molecule has 0 aliphatic rings. The highest BCUT2D eigenvalue weighted by molar-refractivity contribution is 5.30. The lowest BCUT2D eigenvalue weighted by Gasteiger charge is -2.26. The standard InChI is InChI=1S/C14H23FN2O2/c1-14(2,19-4)8-7-13(17-16)11-6-5-10(18-3)9-12(11)15/h5-6,9,13,17H,7-8,16H2,1-4H3. The molecule has 3 N–H and O–H groups in total. The van der Waals surface area contributed by atoms with Gasteiger partial charge in [-0.05, 0) is 32.8 Å². The molecule has 0 radical (unpaired) electrons. The summed E-state index contributed by atoms with van der Waals surface area (Å²) in [5, 5.41) is 0. The average molecular weight is 270 g/mol. The molecule has 0 fully saturated rings. The smallest absolute Gasteiger partial charge is 0.131 e. The molecule has 19 heavy (non-hydrogen) atoms. The number of halogens is 1. The van der Waals surface area contributed by atoms with Crippen molar-refractivity contribution in [1.29, 1.82) is 0 Å². The Hall–Kier alpha value is -1.17. The van der Waals surface area contributed by atoms with Crippen LogP contribution in [0.3, 0.4) is 0 Å². The number of hydrogen-bond donors (Lipinski definition) is 2. The first-order chi connectivity index (χ1) is 8.93. The van der Waals surface area contributed by atoms with Crippen LogP contribution in [0.2, 0.25) is 0 Å². The van der Waals surface area contributed by atoms with Crippen LogP contribution in [0.15, 0.2) is 18.2 Å². The Bertz CT molecular complexity index is 410. The third-order valence-electron chi connectivity index (χ3n) is 3.37. The van der Waals surface area contributed by atoms with Crippen LogP contribution in [0.5, 0.6) is 5.75 Å². The number of hydrogen-bond acceptors (Lipinski definition) is 4. The largest absolute Gasteiger partial charge is 0.497 e. The molecule has 0 spiro atoms. The average Bonchev–Trinajstić information content (AvgIpc) is 2.40. The van der Waals surface area contributed by atoms with Crippen molar-refractivity contribution in [3.63, 3.8) is 0 Å². The Kier molecular flexibility index (Phi) is 5.72. The lowest BCUT2D eigenvalue weighted by molar-refractivity contribution is 0.0116. The highest BCUT2D eigenvalue weighted by Gasteiger charge is 2.21. The summed E-state index contributed by atoms with van der Waals surface area (Å²) in [6.07, 6.45) is 1.45. The summed E-state index contributed by atoms with van der Waals surface area (Å²) >= 11 is 0. The van der Waals surface area contributed by atoms with Crippen molar-refractivity contribution in [1.82, 2.24) is 5.43 Å². The van der Waals surface area contributed by atoms with E-state index in [0.29, 0.717) is 17.7 Å². The molecule has 5 heteroatoms. The quantitative estimate of drug-likeness (QED) is 0.590. The molecule has 0 aliphatic heterocycles. The lowest BCUT2D eigenvalue weighted by Crippen LogP contribution is -2.31. The van der Waals surface area contributed by atoms with Gasteiger partial charge in [0.1, 0.15) is 11.6 Å². The van der Waals surface area contributed by atoms with Crippen LogP contribution in [-0.4, -0.2) is 19.8 Å². The number of hydrazine groups is 1. The topological polar surface area (TPSA) is 56.5 Å². The van der Waals surface area contributed by atoms with Crippen molar-refractivity contribution in [2.45, 2.75) is 38.3 Å². The third-order valence-corrected chi connectivity index (χ3v) is 3.37. The Balaban J connectivity index is 2.80. The molecule has 0 heterocycles. The van der Waals surface area contributed by atoms with E-state index in [1.165, 1.54) is 13.2 Å². The van der Waals surface area contributed by atoms with E-state index in [2.05, 4.69) is 5.43 Å². The van der Waals surface area contributed by atoms with Gasteiger partial charge in [0, 0.05) is 24.8 Å². The second-order valence-electron chi connectivity index (χ2n) is 5.11. The molecule has 1 aromatic rings. The molecular weight excluding hydrogens is 247 g/mol. The maximum absolute atomic E-state index is 14.0. The summed E-state index contributed by atoms with van der Waals surface area (Å²) in [6.45, 7) is 3.98. The number of rotatable bonds is 7. The minimum Gasteiger partial charge on any atom is -0.497 e. The van der Waals surface area contributed by atoms with Gasteiger partial charge in [-0.3, -0.25) is 11.3 Å². The second-order valence-corrected chi connectivity index (χ2v) is 5.11. The first kappa shape index (κ1) is 15.9. The van der Waals surface area contributed by atoms with Gasteiger partial charge in [0.15, 0.2) is 0 Å². The maximum atomic E-state index is 14.0. The predicted molar refractivity (Wildman–Crippen MR) is 73.3 cm³/mol. The summed E-state index contributed by atoms with van der Waals surface area (Å²) in [7, 11) is 3.17. The first-order valence-corrected chi connectivity index (χ1v) is 6.28. The number of methoxy groups -OCH3 is 2. The number of benzene rings is 1. The van der Waals surface area contributed by atoms with E-state index >= 15 is 0 Å². The molecule has 0 aromatic heterocycles. The van der Waals surface area contributed by atoms with Crippen LogP contribution in [-0.2, 0) is 4.74 Å². The van der Waals surface area contributed by atoms with Gasteiger partial charge in [0.05, 0.1) is 12.7 Å². The van der Waals surface area contributed by atoms with Gasteiger partial charge in [-0.25, -0.2) is 4.39 Å². The van der Waals surface area contributed by atoms with Crippen molar-refractivity contribution in [3.05, 3.63) is 29.6 Å². The van der Waals surface area contributed by atoms with Crippen molar-refractivity contribution < 1.29 is 13.9 Å². The van der Waals surface area contributed by atoms with Crippen molar-refractivity contribution in [2.75, 3.05) is 14.2 Å². The minimum atomic E-state index is -0.322. The molecule has 0 saturated carbocycles. The van der Waals surface area contributed by atoms with Gasteiger partial charge < -0.3 is 9.47 Å². The van der Waals surface area contributed by atoms with Crippen LogP contribution in [0, 0.1) is 5.82 Å². The van der Waals surface area contributed by atoms with Crippen LogP contribution in [0.25, 0.3) is 0 Å². The Morgan fingerprint density at radius 1 is 1.37 bits per heavy atom. The summed E-state index contributed by atoms with van der Waals surface area (Å²) in [6, 6.07) is 4.53. The summed E-state index contributed by atoms with van der Waals surface area (Å²) in [5.74, 6) is 5.70. The third kappa shape index (κ3) is 4.45. The number of ether oxygens (including phenoxy) is 2. The van der Waals surface area contributed by atoms with E-state index in [-0.39, 0.29) is 17.5 Å². The summed E-state index contributed by atoms with van der Waals surface area (Å²) in [4.78, 5) is 0. The van der Waals surface area contributed by atoms with Gasteiger partial charge in [-0.1, -0.05) is 6.07 Å². The Morgan fingerprint density at radius 2 is 2.05 bits per heavy atom. The van der Waals surface area contributed by atoms with Crippen molar-refractivity contribution >= 4 is 0 Å². The van der Waals surface area contributed by atoms with Crippen LogP contribution in [0.1, 0.15) is 38.3 Å². The van der Waals surface area contributed by atoms with Crippen molar-refractivity contribution in [3.8, 4) is 5.75 Å². The lowest BCUT2D eigenvalue weighted by atomic mass is 9.95. The SMILES string of the molecule is COc1ccc(C(CCC(C)(C)OC)NN)c(F)c1. The van der Waals surface area contributed by atoms with E-state index in [1.54, 1.807) is 19.2 Å². The second kappa shape index (κ2) is 6.84. The summed E-state index contributed by atoms with van der Waals surface area (Å²) < 4.78 is 24.3. The zero-order chi connectivity index (χ0) is 14.5. The molecule has 1 atom stereocenters. The molecule has 0 amide bonds.